The van der Waals surface area contributed by atoms with Gasteiger partial charge in [-0.2, -0.15) is 0 Å². The van der Waals surface area contributed by atoms with Crippen molar-refractivity contribution in [1.29, 1.82) is 0 Å². The summed E-state index contributed by atoms with van der Waals surface area (Å²) < 4.78 is 5.20. The summed E-state index contributed by atoms with van der Waals surface area (Å²) >= 11 is 0. The summed E-state index contributed by atoms with van der Waals surface area (Å²) in [6.45, 7) is 6.27. The van der Waals surface area contributed by atoms with Crippen molar-refractivity contribution in [3.05, 3.63) is 12.7 Å². The highest BCUT2D eigenvalue weighted by atomic mass is 16.5. The Morgan fingerprint density at radius 2 is 2.00 bits per heavy atom. The highest BCUT2D eigenvalue weighted by Crippen LogP contribution is 2.47. The van der Waals surface area contributed by atoms with Crippen LogP contribution in [0.15, 0.2) is 12.7 Å². The van der Waals surface area contributed by atoms with Gasteiger partial charge in [-0.3, -0.25) is 9.59 Å². The number of hydrogen-bond donors (Lipinski definition) is 1. The topological polar surface area (TPSA) is 58.6 Å². The molecule has 0 aromatic carbocycles. The van der Waals surface area contributed by atoms with Crippen molar-refractivity contribution >= 4 is 11.8 Å². The van der Waals surface area contributed by atoms with Crippen LogP contribution in [0.25, 0.3) is 0 Å². The number of hydrogen-bond acceptors (Lipinski definition) is 3. The lowest BCUT2D eigenvalue weighted by Gasteiger charge is -2.30. The lowest BCUT2D eigenvalue weighted by Crippen LogP contribution is -2.49. The molecule has 2 amide bonds. The summed E-state index contributed by atoms with van der Waals surface area (Å²) in [5.74, 6) is -0.198. The van der Waals surface area contributed by atoms with Gasteiger partial charge in [0.15, 0.2) is 0 Å². The maximum Gasteiger partial charge on any atom is 0.238 e. The fraction of sp³-hybridized carbons (Fsp3) is 0.667. The molecule has 17 heavy (non-hydrogen) atoms. The molecule has 1 saturated heterocycles. The van der Waals surface area contributed by atoms with Crippen LogP contribution in [0.5, 0.6) is 0 Å². The van der Waals surface area contributed by atoms with E-state index in [0.29, 0.717) is 45.7 Å². The SMILES string of the molecule is C=CCNC(=O)C1(C(=O)N2CCOCC2)CC1. The zero-order chi connectivity index (χ0) is 12.3. The van der Waals surface area contributed by atoms with E-state index in [9.17, 15) is 9.59 Å². The quantitative estimate of drug-likeness (QED) is 0.551. The van der Waals surface area contributed by atoms with Crippen molar-refractivity contribution in [2.45, 2.75) is 12.8 Å². The number of rotatable bonds is 4. The molecule has 0 aromatic rings. The Labute approximate surface area is 101 Å². The molecule has 1 N–H and O–H groups in total. The van der Waals surface area contributed by atoms with Gasteiger partial charge in [0.05, 0.1) is 13.2 Å². The van der Waals surface area contributed by atoms with Gasteiger partial charge in [0.1, 0.15) is 5.41 Å². The molecule has 0 aromatic heterocycles. The number of amides is 2. The second-order valence-electron chi connectivity index (χ2n) is 4.49. The predicted molar refractivity (Wildman–Crippen MR) is 62.3 cm³/mol. The van der Waals surface area contributed by atoms with E-state index in [1.165, 1.54) is 0 Å². The third-order valence-electron chi connectivity index (χ3n) is 3.30. The average Bonchev–Trinajstić information content (AvgIpc) is 3.17. The van der Waals surface area contributed by atoms with E-state index in [-0.39, 0.29) is 11.8 Å². The smallest absolute Gasteiger partial charge is 0.238 e. The zero-order valence-electron chi connectivity index (χ0n) is 9.91. The first-order valence-electron chi connectivity index (χ1n) is 5.97. The Hall–Kier alpha value is -1.36. The molecule has 0 radical (unpaired) electrons. The van der Waals surface area contributed by atoms with E-state index in [4.69, 9.17) is 4.74 Å². The normalized spacial score (nSPS) is 21.8. The molecule has 0 spiro atoms. The zero-order valence-corrected chi connectivity index (χ0v) is 9.91. The van der Waals surface area contributed by atoms with Gasteiger partial charge >= 0.3 is 0 Å². The third kappa shape index (κ3) is 2.34. The summed E-state index contributed by atoms with van der Waals surface area (Å²) in [5, 5.41) is 2.72. The maximum absolute atomic E-state index is 12.3. The van der Waals surface area contributed by atoms with Crippen molar-refractivity contribution in [1.82, 2.24) is 10.2 Å². The van der Waals surface area contributed by atoms with Gasteiger partial charge in [-0.1, -0.05) is 6.08 Å². The lowest BCUT2D eigenvalue weighted by atomic mass is 10.0. The first-order valence-corrected chi connectivity index (χ1v) is 5.97. The fourth-order valence-corrected chi connectivity index (χ4v) is 2.07. The van der Waals surface area contributed by atoms with Crippen LogP contribution in [-0.4, -0.2) is 49.6 Å². The van der Waals surface area contributed by atoms with Crippen molar-refractivity contribution < 1.29 is 14.3 Å². The van der Waals surface area contributed by atoms with Gasteiger partial charge in [-0.25, -0.2) is 0 Å². The molecule has 1 heterocycles. The Kier molecular flexibility index (Phi) is 3.47. The number of nitrogens with one attached hydrogen (secondary N) is 1. The van der Waals surface area contributed by atoms with Crippen LogP contribution in [0, 0.1) is 5.41 Å². The van der Waals surface area contributed by atoms with Crippen molar-refractivity contribution in [2.75, 3.05) is 32.8 Å². The standard InChI is InChI=1S/C12H18N2O3/c1-2-5-13-10(15)12(3-4-12)11(16)14-6-8-17-9-7-14/h2H,1,3-9H2,(H,13,15). The Morgan fingerprint density at radius 1 is 1.35 bits per heavy atom. The molecular weight excluding hydrogens is 220 g/mol. The second kappa shape index (κ2) is 4.87. The van der Waals surface area contributed by atoms with Gasteiger partial charge in [-0.05, 0) is 12.8 Å². The van der Waals surface area contributed by atoms with E-state index in [1.807, 2.05) is 0 Å². The number of morpholine rings is 1. The van der Waals surface area contributed by atoms with E-state index in [2.05, 4.69) is 11.9 Å². The van der Waals surface area contributed by atoms with Crippen molar-refractivity contribution in [3.8, 4) is 0 Å². The molecule has 0 unspecified atom stereocenters. The van der Waals surface area contributed by atoms with E-state index >= 15 is 0 Å². The Morgan fingerprint density at radius 3 is 2.53 bits per heavy atom. The number of carbonyl (C=O) groups excluding carboxylic acids is 2. The van der Waals surface area contributed by atoms with E-state index < -0.39 is 5.41 Å². The van der Waals surface area contributed by atoms with Crippen molar-refractivity contribution in [2.24, 2.45) is 5.41 Å². The van der Waals surface area contributed by atoms with Crippen LogP contribution in [-0.2, 0) is 14.3 Å². The minimum atomic E-state index is -0.791. The van der Waals surface area contributed by atoms with Crippen LogP contribution in [0.2, 0.25) is 0 Å². The lowest BCUT2D eigenvalue weighted by molar-refractivity contribution is -0.147. The molecule has 1 saturated carbocycles. The van der Waals surface area contributed by atoms with Gasteiger partial charge in [0.25, 0.3) is 0 Å². The monoisotopic (exact) mass is 238 g/mol. The number of carbonyl (C=O) groups is 2. The molecule has 2 fully saturated rings. The third-order valence-corrected chi connectivity index (χ3v) is 3.30. The van der Waals surface area contributed by atoms with Gasteiger partial charge in [-0.15, -0.1) is 6.58 Å². The summed E-state index contributed by atoms with van der Waals surface area (Å²) in [6.07, 6.45) is 2.94. The number of ether oxygens (including phenoxy) is 1. The molecule has 0 bridgehead atoms. The molecule has 5 nitrogen and oxygen atoms in total. The highest BCUT2D eigenvalue weighted by molar-refractivity contribution is 6.07. The van der Waals surface area contributed by atoms with Crippen molar-refractivity contribution in [3.63, 3.8) is 0 Å². The Bertz CT molecular complexity index is 331. The molecule has 1 aliphatic heterocycles. The fourth-order valence-electron chi connectivity index (χ4n) is 2.07. The van der Waals surface area contributed by atoms with Crippen LogP contribution in [0.3, 0.4) is 0 Å². The van der Waals surface area contributed by atoms with Gasteiger partial charge < -0.3 is 15.0 Å². The van der Waals surface area contributed by atoms with Crippen LogP contribution >= 0.6 is 0 Å². The minimum absolute atomic E-state index is 0.0395. The van der Waals surface area contributed by atoms with Crippen LogP contribution in [0.4, 0.5) is 0 Å². The van der Waals surface area contributed by atoms with Gasteiger partial charge in [0.2, 0.25) is 11.8 Å². The second-order valence-corrected chi connectivity index (χ2v) is 4.49. The first-order chi connectivity index (χ1) is 8.20. The molecule has 2 rings (SSSR count). The average molecular weight is 238 g/mol. The Balaban J connectivity index is 1.97. The number of nitrogens with zero attached hydrogens (tertiary/aromatic N) is 1. The molecule has 0 atom stereocenters. The maximum atomic E-state index is 12.3. The highest BCUT2D eigenvalue weighted by Gasteiger charge is 2.57. The summed E-state index contributed by atoms with van der Waals surface area (Å²) in [5.41, 5.74) is -0.791. The van der Waals surface area contributed by atoms with Gasteiger partial charge in [0, 0.05) is 19.6 Å². The van der Waals surface area contributed by atoms with E-state index in [1.54, 1.807) is 11.0 Å². The predicted octanol–water partition coefficient (Wildman–Crippen LogP) is -0.0724. The molecular formula is C12H18N2O3. The van der Waals surface area contributed by atoms with E-state index in [0.717, 1.165) is 0 Å². The molecule has 1 aliphatic carbocycles. The summed E-state index contributed by atoms with van der Waals surface area (Å²) in [4.78, 5) is 25.9. The van der Waals surface area contributed by atoms with Crippen LogP contribution < -0.4 is 5.32 Å². The largest absolute Gasteiger partial charge is 0.378 e. The molecule has 5 heteroatoms. The van der Waals surface area contributed by atoms with Crippen LogP contribution in [0.1, 0.15) is 12.8 Å². The first kappa shape index (κ1) is 12.1. The minimum Gasteiger partial charge on any atom is -0.378 e. The summed E-state index contributed by atoms with van der Waals surface area (Å²) in [6, 6.07) is 0. The molecule has 94 valence electrons. The molecule has 2 aliphatic rings. The summed E-state index contributed by atoms with van der Waals surface area (Å²) in [7, 11) is 0.